The first-order valence-electron chi connectivity index (χ1n) is 8.57. The van der Waals surface area contributed by atoms with Crippen LogP contribution in [0.5, 0.6) is 0 Å². The van der Waals surface area contributed by atoms with Crippen LogP contribution in [0.3, 0.4) is 0 Å². The van der Waals surface area contributed by atoms with Gasteiger partial charge in [-0.15, -0.1) is 0 Å². The third-order valence-electron chi connectivity index (χ3n) is 4.51. The van der Waals surface area contributed by atoms with Crippen LogP contribution >= 0.6 is 11.6 Å². The number of carbonyl (C=O) groups is 1. The molecule has 1 aliphatic heterocycles. The van der Waals surface area contributed by atoms with Crippen LogP contribution < -0.4 is 0 Å². The molecule has 1 aromatic carbocycles. The lowest BCUT2D eigenvalue weighted by Gasteiger charge is -2.28. The molecule has 0 aromatic heterocycles. The molecular formula is C18H27ClN2O2. The second kappa shape index (κ2) is 9.26. The average molecular weight is 339 g/mol. The highest BCUT2D eigenvalue weighted by molar-refractivity contribution is 6.31. The van der Waals surface area contributed by atoms with E-state index >= 15 is 0 Å². The smallest absolute Gasteiger partial charge is 0.256 e. The van der Waals surface area contributed by atoms with Crippen LogP contribution in [0.15, 0.2) is 24.3 Å². The molecule has 1 fully saturated rings. The fourth-order valence-corrected chi connectivity index (χ4v) is 3.29. The summed E-state index contributed by atoms with van der Waals surface area (Å²) < 4.78 is 0. The summed E-state index contributed by atoms with van der Waals surface area (Å²) in [5.74, 6) is -0.268. The second-order valence-electron chi connectivity index (χ2n) is 6.10. The van der Waals surface area contributed by atoms with Gasteiger partial charge in [-0.1, -0.05) is 42.6 Å². The molecule has 0 aliphatic carbocycles. The van der Waals surface area contributed by atoms with E-state index in [9.17, 15) is 9.90 Å². The highest BCUT2D eigenvalue weighted by Gasteiger charge is 2.24. The molecule has 1 atom stereocenters. The third kappa shape index (κ3) is 5.20. The molecule has 1 heterocycles. The van der Waals surface area contributed by atoms with Crippen molar-refractivity contribution in [3.8, 4) is 0 Å². The first-order chi connectivity index (χ1) is 11.1. The summed E-state index contributed by atoms with van der Waals surface area (Å²) >= 11 is 6.09. The molecule has 0 unspecified atom stereocenters. The quantitative estimate of drug-likeness (QED) is 0.866. The Morgan fingerprint density at radius 1 is 1.26 bits per heavy atom. The van der Waals surface area contributed by atoms with E-state index < -0.39 is 6.10 Å². The van der Waals surface area contributed by atoms with Crippen molar-refractivity contribution in [1.82, 2.24) is 9.80 Å². The van der Waals surface area contributed by atoms with E-state index in [1.807, 2.05) is 6.92 Å². The average Bonchev–Trinajstić information content (AvgIpc) is 2.84. The summed E-state index contributed by atoms with van der Waals surface area (Å²) in [5, 5.41) is 10.8. The minimum absolute atomic E-state index is 0.268. The van der Waals surface area contributed by atoms with Gasteiger partial charge in [0.15, 0.2) is 6.10 Å². The predicted octanol–water partition coefficient (Wildman–Crippen LogP) is 3.10. The van der Waals surface area contributed by atoms with E-state index in [2.05, 4.69) is 4.90 Å². The molecule has 0 saturated carbocycles. The van der Waals surface area contributed by atoms with Crippen molar-refractivity contribution in [2.24, 2.45) is 0 Å². The Labute approximate surface area is 144 Å². The fraction of sp³-hybridized carbons (Fsp3) is 0.611. The van der Waals surface area contributed by atoms with Crippen molar-refractivity contribution in [2.45, 2.75) is 38.7 Å². The predicted molar refractivity (Wildman–Crippen MR) is 93.6 cm³/mol. The van der Waals surface area contributed by atoms with Crippen molar-refractivity contribution in [2.75, 3.05) is 32.7 Å². The van der Waals surface area contributed by atoms with Crippen LogP contribution in [0.4, 0.5) is 0 Å². The summed E-state index contributed by atoms with van der Waals surface area (Å²) in [7, 11) is 0. The molecule has 4 nitrogen and oxygen atoms in total. The van der Waals surface area contributed by atoms with Gasteiger partial charge < -0.3 is 14.9 Å². The largest absolute Gasteiger partial charge is 0.378 e. The molecule has 1 aliphatic rings. The Balaban J connectivity index is 1.93. The van der Waals surface area contributed by atoms with Gasteiger partial charge in [-0.25, -0.2) is 0 Å². The lowest BCUT2D eigenvalue weighted by Crippen LogP contribution is -2.41. The number of nitrogens with zero attached hydrogens (tertiary/aromatic N) is 2. The molecule has 1 saturated heterocycles. The van der Waals surface area contributed by atoms with Crippen LogP contribution in [-0.2, 0) is 4.79 Å². The zero-order valence-corrected chi connectivity index (χ0v) is 14.6. The Hall–Kier alpha value is -1.10. The Morgan fingerprint density at radius 3 is 2.52 bits per heavy atom. The maximum atomic E-state index is 12.6. The molecule has 0 spiro atoms. The SMILES string of the molecule is CCN(CCN1CCCCCC1)C(=O)[C@H](O)c1ccccc1Cl. The highest BCUT2D eigenvalue weighted by Crippen LogP contribution is 2.24. The summed E-state index contributed by atoms with van der Waals surface area (Å²) in [6.07, 6.45) is 3.90. The number of likely N-dealkylation sites (tertiary alicyclic amines) is 1. The van der Waals surface area contributed by atoms with E-state index in [0.29, 0.717) is 23.7 Å². The summed E-state index contributed by atoms with van der Waals surface area (Å²) in [5.41, 5.74) is 0.479. The minimum Gasteiger partial charge on any atom is -0.378 e. The summed E-state index contributed by atoms with van der Waals surface area (Å²) in [6, 6.07) is 6.97. The Bertz CT molecular complexity index is 502. The van der Waals surface area contributed by atoms with Crippen molar-refractivity contribution < 1.29 is 9.90 Å². The highest BCUT2D eigenvalue weighted by atomic mass is 35.5. The van der Waals surface area contributed by atoms with Gasteiger partial charge in [-0.3, -0.25) is 4.79 Å². The van der Waals surface area contributed by atoms with Gasteiger partial charge in [-0.05, 0) is 38.9 Å². The van der Waals surface area contributed by atoms with E-state index in [1.54, 1.807) is 29.2 Å². The number of hydrogen-bond acceptors (Lipinski definition) is 3. The van der Waals surface area contributed by atoms with Gasteiger partial charge in [0.1, 0.15) is 0 Å². The van der Waals surface area contributed by atoms with Crippen molar-refractivity contribution in [3.63, 3.8) is 0 Å². The molecule has 2 rings (SSSR count). The first kappa shape index (κ1) is 18.2. The van der Waals surface area contributed by atoms with Gasteiger partial charge in [0.25, 0.3) is 5.91 Å². The molecular weight excluding hydrogens is 312 g/mol. The zero-order valence-electron chi connectivity index (χ0n) is 13.9. The molecule has 1 N–H and O–H groups in total. The lowest BCUT2D eigenvalue weighted by molar-refractivity contribution is -0.140. The number of halogens is 1. The van der Waals surface area contributed by atoms with Crippen LogP contribution in [0.2, 0.25) is 5.02 Å². The molecule has 23 heavy (non-hydrogen) atoms. The normalized spacial score (nSPS) is 17.5. The summed E-state index contributed by atoms with van der Waals surface area (Å²) in [6.45, 7) is 6.27. The number of likely N-dealkylation sites (N-methyl/N-ethyl adjacent to an activating group) is 1. The number of amides is 1. The van der Waals surface area contributed by atoms with Gasteiger partial charge in [0.05, 0.1) is 0 Å². The van der Waals surface area contributed by atoms with E-state index in [-0.39, 0.29) is 5.91 Å². The second-order valence-corrected chi connectivity index (χ2v) is 6.51. The van der Waals surface area contributed by atoms with Crippen LogP contribution in [-0.4, -0.2) is 53.5 Å². The molecule has 0 radical (unpaired) electrons. The number of aliphatic hydroxyl groups is 1. The molecule has 1 amide bonds. The standard InChI is InChI=1S/C18H27ClN2O2/c1-2-21(14-13-20-11-7-3-4-8-12-20)18(23)17(22)15-9-5-6-10-16(15)19/h5-6,9-10,17,22H,2-4,7-8,11-14H2,1H3/t17-/m1/s1. The number of hydrogen-bond donors (Lipinski definition) is 1. The molecule has 1 aromatic rings. The van der Waals surface area contributed by atoms with Gasteiger partial charge in [-0.2, -0.15) is 0 Å². The van der Waals surface area contributed by atoms with Crippen molar-refractivity contribution in [1.29, 1.82) is 0 Å². The maximum absolute atomic E-state index is 12.6. The van der Waals surface area contributed by atoms with E-state index in [1.165, 1.54) is 25.7 Å². The van der Waals surface area contributed by atoms with E-state index in [0.717, 1.165) is 19.6 Å². The first-order valence-corrected chi connectivity index (χ1v) is 8.95. The minimum atomic E-state index is -1.19. The maximum Gasteiger partial charge on any atom is 0.256 e. The Morgan fingerprint density at radius 2 is 1.91 bits per heavy atom. The monoisotopic (exact) mass is 338 g/mol. The number of rotatable bonds is 6. The van der Waals surface area contributed by atoms with Crippen LogP contribution in [0.1, 0.15) is 44.3 Å². The third-order valence-corrected chi connectivity index (χ3v) is 4.86. The van der Waals surface area contributed by atoms with Crippen molar-refractivity contribution >= 4 is 17.5 Å². The molecule has 0 bridgehead atoms. The number of carbonyl (C=O) groups excluding carboxylic acids is 1. The molecule has 5 heteroatoms. The number of benzene rings is 1. The van der Waals surface area contributed by atoms with Gasteiger partial charge >= 0.3 is 0 Å². The van der Waals surface area contributed by atoms with Crippen molar-refractivity contribution in [3.05, 3.63) is 34.9 Å². The van der Waals surface area contributed by atoms with Crippen LogP contribution in [0, 0.1) is 0 Å². The lowest BCUT2D eigenvalue weighted by atomic mass is 10.1. The number of aliphatic hydroxyl groups excluding tert-OH is 1. The van der Waals surface area contributed by atoms with Gasteiger partial charge in [0.2, 0.25) is 0 Å². The molecule has 128 valence electrons. The summed E-state index contributed by atoms with van der Waals surface area (Å²) in [4.78, 5) is 16.7. The Kier molecular flexibility index (Phi) is 7.34. The van der Waals surface area contributed by atoms with E-state index in [4.69, 9.17) is 11.6 Å². The fourth-order valence-electron chi connectivity index (χ4n) is 3.05. The van der Waals surface area contributed by atoms with Gasteiger partial charge in [0, 0.05) is 30.2 Å². The topological polar surface area (TPSA) is 43.8 Å². The van der Waals surface area contributed by atoms with Crippen LogP contribution in [0.25, 0.3) is 0 Å². The zero-order chi connectivity index (χ0) is 16.7.